The molecule has 0 bridgehead atoms. The zero-order chi connectivity index (χ0) is 16.3. The molecule has 1 aliphatic carbocycles. The van der Waals surface area contributed by atoms with Crippen molar-refractivity contribution >= 4 is 15.9 Å². The molecule has 0 aliphatic heterocycles. The number of nitrogens with one attached hydrogen (secondary N) is 2. The predicted octanol–water partition coefficient (Wildman–Crippen LogP) is 2.35. The highest BCUT2D eigenvalue weighted by Crippen LogP contribution is 2.21. The van der Waals surface area contributed by atoms with E-state index in [4.69, 9.17) is 0 Å². The molecule has 2 N–H and O–H groups in total. The number of hydrogen-bond acceptors (Lipinski definition) is 3. The van der Waals surface area contributed by atoms with Crippen molar-refractivity contribution in [2.45, 2.75) is 63.4 Å². The van der Waals surface area contributed by atoms with Gasteiger partial charge in [0.2, 0.25) is 10.0 Å². The van der Waals surface area contributed by atoms with E-state index in [1.165, 1.54) is 6.07 Å². The summed E-state index contributed by atoms with van der Waals surface area (Å²) in [5.41, 5.74) is 1.17. The summed E-state index contributed by atoms with van der Waals surface area (Å²) in [7, 11) is -3.57. The normalized spacial score (nSPS) is 16.2. The largest absolute Gasteiger partial charge is 0.350 e. The summed E-state index contributed by atoms with van der Waals surface area (Å²) in [6.07, 6.45) is 3.88. The lowest BCUT2D eigenvalue weighted by Crippen LogP contribution is -2.33. The zero-order valence-electron chi connectivity index (χ0n) is 13.3. The second kappa shape index (κ2) is 6.79. The Morgan fingerprint density at radius 2 is 1.86 bits per heavy atom. The maximum Gasteiger partial charge on any atom is 0.251 e. The van der Waals surface area contributed by atoms with E-state index in [-0.39, 0.29) is 22.9 Å². The molecule has 6 heteroatoms. The molecular formula is C16H24N2O3S. The number of aryl methyl sites for hydroxylation is 1. The maximum atomic E-state index is 12.5. The number of rotatable bonds is 5. The fourth-order valence-corrected chi connectivity index (χ4v) is 4.01. The molecule has 0 saturated heterocycles. The summed E-state index contributed by atoms with van der Waals surface area (Å²) in [4.78, 5) is 12.3. The van der Waals surface area contributed by atoms with Gasteiger partial charge in [-0.2, -0.15) is 0 Å². The zero-order valence-corrected chi connectivity index (χ0v) is 14.2. The summed E-state index contributed by atoms with van der Waals surface area (Å²) in [6, 6.07) is 4.71. The molecule has 5 nitrogen and oxygen atoms in total. The van der Waals surface area contributed by atoms with Crippen LogP contribution in [0.1, 0.15) is 55.5 Å². The molecule has 0 spiro atoms. The summed E-state index contributed by atoms with van der Waals surface area (Å²) in [5, 5.41) is 2.80. The van der Waals surface area contributed by atoms with Crippen molar-refractivity contribution in [2.24, 2.45) is 0 Å². The minimum absolute atomic E-state index is 0.00350. The Morgan fingerprint density at radius 3 is 2.45 bits per heavy atom. The fraction of sp³-hybridized carbons (Fsp3) is 0.562. The lowest BCUT2D eigenvalue weighted by Gasteiger charge is -2.15. The number of benzene rings is 1. The molecule has 1 amide bonds. The van der Waals surface area contributed by atoms with Crippen LogP contribution >= 0.6 is 0 Å². The summed E-state index contributed by atoms with van der Waals surface area (Å²) < 4.78 is 27.6. The van der Waals surface area contributed by atoms with Gasteiger partial charge < -0.3 is 5.32 Å². The second-order valence-corrected chi connectivity index (χ2v) is 7.92. The lowest BCUT2D eigenvalue weighted by atomic mass is 10.1. The fourth-order valence-electron chi connectivity index (χ4n) is 2.68. The topological polar surface area (TPSA) is 75.3 Å². The lowest BCUT2D eigenvalue weighted by molar-refractivity contribution is 0.0942. The molecule has 1 aromatic carbocycles. The number of carbonyl (C=O) groups excluding carboxylic acids is 1. The van der Waals surface area contributed by atoms with Crippen LogP contribution in [-0.4, -0.2) is 26.4 Å². The third kappa shape index (κ3) is 4.08. The number of sulfonamides is 1. The molecule has 0 radical (unpaired) electrons. The number of hydrogen-bond donors (Lipinski definition) is 2. The van der Waals surface area contributed by atoms with Crippen LogP contribution in [0, 0.1) is 6.92 Å². The number of amides is 1. The minimum atomic E-state index is -3.57. The van der Waals surface area contributed by atoms with Crippen molar-refractivity contribution < 1.29 is 13.2 Å². The van der Waals surface area contributed by atoms with Crippen LogP contribution in [0.4, 0.5) is 0 Å². The van der Waals surface area contributed by atoms with Crippen molar-refractivity contribution in [3.05, 3.63) is 29.3 Å². The first-order chi connectivity index (χ1) is 10.3. The van der Waals surface area contributed by atoms with Gasteiger partial charge in [0.1, 0.15) is 0 Å². The third-order valence-electron chi connectivity index (χ3n) is 3.86. The molecule has 1 saturated carbocycles. The van der Waals surface area contributed by atoms with E-state index in [1.54, 1.807) is 19.1 Å². The summed E-state index contributed by atoms with van der Waals surface area (Å²) in [5.74, 6) is -0.245. The molecule has 22 heavy (non-hydrogen) atoms. The minimum Gasteiger partial charge on any atom is -0.350 e. The summed E-state index contributed by atoms with van der Waals surface area (Å²) >= 11 is 0. The van der Waals surface area contributed by atoms with E-state index < -0.39 is 10.0 Å². The Bertz CT molecular complexity index is 647. The Balaban J connectivity index is 2.26. The first-order valence-corrected chi connectivity index (χ1v) is 9.22. The van der Waals surface area contributed by atoms with Crippen molar-refractivity contribution in [2.75, 3.05) is 0 Å². The van der Waals surface area contributed by atoms with Crippen LogP contribution in [0.25, 0.3) is 0 Å². The monoisotopic (exact) mass is 324 g/mol. The molecule has 122 valence electrons. The molecule has 0 aromatic heterocycles. The van der Waals surface area contributed by atoms with E-state index in [9.17, 15) is 13.2 Å². The van der Waals surface area contributed by atoms with Gasteiger partial charge >= 0.3 is 0 Å². The van der Waals surface area contributed by atoms with Gasteiger partial charge in [0.25, 0.3) is 5.91 Å². The molecule has 0 atom stereocenters. The van der Waals surface area contributed by atoms with E-state index >= 15 is 0 Å². The highest BCUT2D eigenvalue weighted by Gasteiger charge is 2.24. The first kappa shape index (κ1) is 17.0. The average molecular weight is 324 g/mol. The SMILES string of the molecule is Cc1ccc(S(=O)(=O)NC2CCCC2)cc1C(=O)NC(C)C. The molecule has 1 aromatic rings. The Hall–Kier alpha value is -1.40. The van der Waals surface area contributed by atoms with Crippen LogP contribution in [-0.2, 0) is 10.0 Å². The third-order valence-corrected chi connectivity index (χ3v) is 5.38. The highest BCUT2D eigenvalue weighted by atomic mass is 32.2. The van der Waals surface area contributed by atoms with Gasteiger partial charge in [-0.3, -0.25) is 4.79 Å². The van der Waals surface area contributed by atoms with Crippen molar-refractivity contribution in [1.82, 2.24) is 10.0 Å². The van der Waals surface area contributed by atoms with Crippen molar-refractivity contribution in [3.63, 3.8) is 0 Å². The molecule has 0 heterocycles. The van der Waals surface area contributed by atoms with E-state index in [2.05, 4.69) is 10.0 Å². The Kier molecular flexibility index (Phi) is 5.24. The quantitative estimate of drug-likeness (QED) is 0.873. The van der Waals surface area contributed by atoms with Crippen LogP contribution < -0.4 is 10.0 Å². The van der Waals surface area contributed by atoms with Crippen LogP contribution in [0.15, 0.2) is 23.1 Å². The second-order valence-electron chi connectivity index (χ2n) is 6.21. The Labute approximate surface area is 132 Å². The van der Waals surface area contributed by atoms with Crippen LogP contribution in [0.5, 0.6) is 0 Å². The first-order valence-electron chi connectivity index (χ1n) is 7.73. The molecular weight excluding hydrogens is 300 g/mol. The maximum absolute atomic E-state index is 12.5. The number of carbonyl (C=O) groups is 1. The van der Waals surface area contributed by atoms with Crippen LogP contribution in [0.3, 0.4) is 0 Å². The van der Waals surface area contributed by atoms with Gasteiger partial charge in [0, 0.05) is 17.6 Å². The van der Waals surface area contributed by atoms with Crippen molar-refractivity contribution in [3.8, 4) is 0 Å². The average Bonchev–Trinajstić information content (AvgIpc) is 2.90. The smallest absolute Gasteiger partial charge is 0.251 e. The standard InChI is InChI=1S/C16H24N2O3S/c1-11(2)17-16(19)15-10-14(9-8-12(15)3)22(20,21)18-13-6-4-5-7-13/h8-11,13,18H,4-7H2,1-3H3,(H,17,19). The van der Waals surface area contributed by atoms with Gasteiger partial charge in [-0.05, 0) is 51.3 Å². The van der Waals surface area contributed by atoms with E-state index in [1.807, 2.05) is 13.8 Å². The van der Waals surface area contributed by atoms with Gasteiger partial charge in [-0.25, -0.2) is 13.1 Å². The molecule has 0 unspecified atom stereocenters. The predicted molar refractivity (Wildman–Crippen MR) is 86.4 cm³/mol. The van der Waals surface area contributed by atoms with Gasteiger partial charge in [-0.1, -0.05) is 18.9 Å². The van der Waals surface area contributed by atoms with E-state index in [0.717, 1.165) is 31.2 Å². The molecule has 1 fully saturated rings. The van der Waals surface area contributed by atoms with Crippen LogP contribution in [0.2, 0.25) is 0 Å². The summed E-state index contributed by atoms with van der Waals surface area (Å²) in [6.45, 7) is 5.54. The van der Waals surface area contributed by atoms with Gasteiger partial charge in [0.05, 0.1) is 4.90 Å². The molecule has 2 rings (SSSR count). The molecule has 1 aliphatic rings. The highest BCUT2D eigenvalue weighted by molar-refractivity contribution is 7.89. The van der Waals surface area contributed by atoms with Gasteiger partial charge in [0.15, 0.2) is 0 Å². The van der Waals surface area contributed by atoms with Gasteiger partial charge in [-0.15, -0.1) is 0 Å². The van der Waals surface area contributed by atoms with Crippen molar-refractivity contribution in [1.29, 1.82) is 0 Å². The van der Waals surface area contributed by atoms with E-state index in [0.29, 0.717) is 5.56 Å². The Morgan fingerprint density at radius 1 is 1.23 bits per heavy atom.